The fraction of sp³-hybridized carbons (Fsp3) is 1.00. The number of rotatable bonds is 4. The van der Waals surface area contributed by atoms with Gasteiger partial charge < -0.3 is 4.74 Å². The predicted octanol–water partition coefficient (Wildman–Crippen LogP) is 2.85. The fourth-order valence-electron chi connectivity index (χ4n) is 1.11. The Morgan fingerprint density at radius 1 is 1.30 bits per heavy atom. The summed E-state index contributed by atoms with van der Waals surface area (Å²) in [6, 6.07) is 0. The van der Waals surface area contributed by atoms with Gasteiger partial charge in [-0.05, 0) is 25.2 Å². The second kappa shape index (κ2) is 3.97. The molecule has 0 fully saturated rings. The average molecular weight is 144 g/mol. The van der Waals surface area contributed by atoms with Gasteiger partial charge in [0.05, 0.1) is 6.10 Å². The standard InChI is InChI=1S/C9H20O/c1-6-9(4,7-2)8(3)10-5/h8H,6-7H2,1-5H3. The molecule has 0 aliphatic carbocycles. The quantitative estimate of drug-likeness (QED) is 0.589. The first kappa shape index (κ1) is 9.96. The Bertz CT molecular complexity index is 84.7. The summed E-state index contributed by atoms with van der Waals surface area (Å²) >= 11 is 0. The Labute approximate surface area is 64.8 Å². The molecule has 0 heterocycles. The highest BCUT2D eigenvalue weighted by atomic mass is 16.5. The molecule has 0 aromatic heterocycles. The molecule has 0 aliphatic rings. The van der Waals surface area contributed by atoms with Crippen molar-refractivity contribution in [3.05, 3.63) is 0 Å². The van der Waals surface area contributed by atoms with Crippen LogP contribution in [0.3, 0.4) is 0 Å². The molecule has 1 unspecified atom stereocenters. The lowest BCUT2D eigenvalue weighted by Crippen LogP contribution is -2.29. The molecule has 1 heteroatoms. The summed E-state index contributed by atoms with van der Waals surface area (Å²) in [5, 5.41) is 0. The van der Waals surface area contributed by atoms with Crippen molar-refractivity contribution in [2.45, 2.75) is 46.6 Å². The van der Waals surface area contributed by atoms with Crippen LogP contribution in [-0.4, -0.2) is 13.2 Å². The van der Waals surface area contributed by atoms with Crippen LogP contribution in [0, 0.1) is 5.41 Å². The summed E-state index contributed by atoms with van der Waals surface area (Å²) in [5.41, 5.74) is 0.370. The SMILES string of the molecule is CCC(C)(CC)C(C)OC. The predicted molar refractivity (Wildman–Crippen MR) is 45.2 cm³/mol. The summed E-state index contributed by atoms with van der Waals surface area (Å²) in [4.78, 5) is 0. The summed E-state index contributed by atoms with van der Waals surface area (Å²) in [6.45, 7) is 8.87. The minimum absolute atomic E-state index is 0.370. The molecular formula is C9H20O. The highest BCUT2D eigenvalue weighted by Crippen LogP contribution is 2.30. The number of hydrogen-bond donors (Lipinski definition) is 0. The van der Waals surface area contributed by atoms with E-state index < -0.39 is 0 Å². The van der Waals surface area contributed by atoms with E-state index in [-0.39, 0.29) is 0 Å². The van der Waals surface area contributed by atoms with Crippen LogP contribution in [0.15, 0.2) is 0 Å². The van der Waals surface area contributed by atoms with Crippen molar-refractivity contribution in [3.8, 4) is 0 Å². The lowest BCUT2D eigenvalue weighted by atomic mass is 9.80. The molecule has 62 valence electrons. The maximum atomic E-state index is 5.30. The van der Waals surface area contributed by atoms with Gasteiger partial charge in [0.15, 0.2) is 0 Å². The van der Waals surface area contributed by atoms with Gasteiger partial charge in [0.25, 0.3) is 0 Å². The van der Waals surface area contributed by atoms with E-state index in [9.17, 15) is 0 Å². The first-order valence-corrected chi connectivity index (χ1v) is 4.13. The normalized spacial score (nSPS) is 15.3. The average Bonchev–Trinajstić information content (AvgIpc) is 2.01. The molecule has 0 aliphatic heterocycles. The summed E-state index contributed by atoms with van der Waals surface area (Å²) in [5.74, 6) is 0. The molecule has 0 N–H and O–H groups in total. The van der Waals surface area contributed by atoms with Gasteiger partial charge in [0.1, 0.15) is 0 Å². The molecule has 0 spiro atoms. The zero-order valence-electron chi connectivity index (χ0n) is 7.90. The van der Waals surface area contributed by atoms with Crippen molar-refractivity contribution < 1.29 is 4.74 Å². The van der Waals surface area contributed by atoms with Crippen LogP contribution in [0.4, 0.5) is 0 Å². The van der Waals surface area contributed by atoms with Crippen molar-refractivity contribution in [3.63, 3.8) is 0 Å². The molecule has 1 atom stereocenters. The van der Waals surface area contributed by atoms with Crippen molar-refractivity contribution in [1.29, 1.82) is 0 Å². The van der Waals surface area contributed by atoms with Gasteiger partial charge in [-0.3, -0.25) is 0 Å². The number of methoxy groups -OCH3 is 1. The van der Waals surface area contributed by atoms with Crippen molar-refractivity contribution in [2.24, 2.45) is 5.41 Å². The van der Waals surface area contributed by atoms with Crippen LogP contribution in [-0.2, 0) is 4.74 Å². The van der Waals surface area contributed by atoms with Crippen LogP contribution >= 0.6 is 0 Å². The largest absolute Gasteiger partial charge is 0.381 e. The Balaban J connectivity index is 4.02. The second-order valence-electron chi connectivity index (χ2n) is 3.24. The molecule has 0 bridgehead atoms. The molecule has 0 amide bonds. The van der Waals surface area contributed by atoms with E-state index in [1.54, 1.807) is 7.11 Å². The molecule has 0 rings (SSSR count). The van der Waals surface area contributed by atoms with E-state index in [0.29, 0.717) is 11.5 Å². The van der Waals surface area contributed by atoms with Gasteiger partial charge >= 0.3 is 0 Å². The van der Waals surface area contributed by atoms with E-state index in [1.165, 1.54) is 12.8 Å². The molecule has 1 nitrogen and oxygen atoms in total. The third-order valence-electron chi connectivity index (χ3n) is 2.95. The summed E-state index contributed by atoms with van der Waals surface area (Å²) in [6.07, 6.45) is 2.76. The lowest BCUT2D eigenvalue weighted by molar-refractivity contribution is 0.00565. The van der Waals surface area contributed by atoms with Gasteiger partial charge in [-0.15, -0.1) is 0 Å². The third-order valence-corrected chi connectivity index (χ3v) is 2.95. The van der Waals surface area contributed by atoms with Crippen LogP contribution < -0.4 is 0 Å². The van der Waals surface area contributed by atoms with Crippen molar-refractivity contribution in [1.82, 2.24) is 0 Å². The zero-order valence-corrected chi connectivity index (χ0v) is 7.90. The van der Waals surface area contributed by atoms with E-state index in [0.717, 1.165) is 0 Å². The zero-order chi connectivity index (χ0) is 8.20. The third kappa shape index (κ3) is 1.98. The van der Waals surface area contributed by atoms with E-state index >= 15 is 0 Å². The van der Waals surface area contributed by atoms with Gasteiger partial charge in [0.2, 0.25) is 0 Å². The topological polar surface area (TPSA) is 9.23 Å². The van der Waals surface area contributed by atoms with Gasteiger partial charge in [-0.1, -0.05) is 20.8 Å². The summed E-state index contributed by atoms with van der Waals surface area (Å²) < 4.78 is 5.30. The van der Waals surface area contributed by atoms with Crippen LogP contribution in [0.25, 0.3) is 0 Å². The Kier molecular flexibility index (Phi) is 3.95. The summed E-state index contributed by atoms with van der Waals surface area (Å²) in [7, 11) is 1.79. The molecule has 0 saturated heterocycles. The first-order valence-electron chi connectivity index (χ1n) is 4.13. The van der Waals surface area contributed by atoms with Crippen LogP contribution in [0.2, 0.25) is 0 Å². The highest BCUT2D eigenvalue weighted by molar-refractivity contribution is 4.77. The van der Waals surface area contributed by atoms with E-state index in [4.69, 9.17) is 4.74 Å². The van der Waals surface area contributed by atoms with Gasteiger partial charge in [0, 0.05) is 7.11 Å². The van der Waals surface area contributed by atoms with E-state index in [2.05, 4.69) is 27.7 Å². The smallest absolute Gasteiger partial charge is 0.0596 e. The molecule has 10 heavy (non-hydrogen) atoms. The number of hydrogen-bond acceptors (Lipinski definition) is 1. The van der Waals surface area contributed by atoms with Crippen LogP contribution in [0.5, 0.6) is 0 Å². The van der Waals surface area contributed by atoms with Gasteiger partial charge in [-0.2, -0.15) is 0 Å². The number of ether oxygens (including phenoxy) is 1. The van der Waals surface area contributed by atoms with Crippen molar-refractivity contribution in [2.75, 3.05) is 7.11 Å². The first-order chi connectivity index (χ1) is 4.60. The maximum absolute atomic E-state index is 5.30. The Hall–Kier alpha value is -0.0400. The Morgan fingerprint density at radius 2 is 1.70 bits per heavy atom. The Morgan fingerprint density at radius 3 is 1.80 bits per heavy atom. The second-order valence-corrected chi connectivity index (χ2v) is 3.24. The van der Waals surface area contributed by atoms with E-state index in [1.807, 2.05) is 0 Å². The molecule has 0 aromatic rings. The van der Waals surface area contributed by atoms with Crippen LogP contribution in [0.1, 0.15) is 40.5 Å². The molecule has 0 aromatic carbocycles. The minimum atomic E-state index is 0.370. The monoisotopic (exact) mass is 144 g/mol. The fourth-order valence-corrected chi connectivity index (χ4v) is 1.11. The minimum Gasteiger partial charge on any atom is -0.381 e. The van der Waals surface area contributed by atoms with Gasteiger partial charge in [-0.25, -0.2) is 0 Å². The maximum Gasteiger partial charge on any atom is 0.0596 e. The highest BCUT2D eigenvalue weighted by Gasteiger charge is 2.26. The van der Waals surface area contributed by atoms with Crippen molar-refractivity contribution >= 4 is 0 Å². The lowest BCUT2D eigenvalue weighted by Gasteiger charge is -2.32. The molecular weight excluding hydrogens is 124 g/mol. The molecule has 0 radical (unpaired) electrons. The molecule has 0 saturated carbocycles.